The van der Waals surface area contributed by atoms with Gasteiger partial charge >= 0.3 is 0 Å². The molecule has 19 heavy (non-hydrogen) atoms. The van der Waals surface area contributed by atoms with Crippen molar-refractivity contribution in [3.63, 3.8) is 0 Å². The smallest absolute Gasteiger partial charge is 0.220 e. The first-order valence-electron chi connectivity index (χ1n) is 6.61. The zero-order valence-corrected chi connectivity index (χ0v) is 11.2. The molecule has 2 rings (SSSR count). The van der Waals surface area contributed by atoms with Crippen LogP contribution in [-0.2, 0) is 11.3 Å². The predicted octanol–water partition coefficient (Wildman–Crippen LogP) is 1.20. The zero-order valence-electron chi connectivity index (χ0n) is 11.2. The van der Waals surface area contributed by atoms with Crippen molar-refractivity contribution < 1.29 is 4.79 Å². The maximum atomic E-state index is 11.5. The van der Waals surface area contributed by atoms with Crippen molar-refractivity contribution in [1.29, 1.82) is 0 Å². The summed E-state index contributed by atoms with van der Waals surface area (Å²) >= 11 is 0. The Balaban J connectivity index is 1.94. The molecule has 0 fully saturated rings. The van der Waals surface area contributed by atoms with Crippen LogP contribution in [0, 0.1) is 6.92 Å². The van der Waals surface area contributed by atoms with E-state index in [-0.39, 0.29) is 5.91 Å². The topological polar surface area (TPSA) is 72.9 Å². The molecular formula is C14H20N4O. The molecule has 0 atom stereocenters. The fourth-order valence-electron chi connectivity index (χ4n) is 2.14. The van der Waals surface area contributed by atoms with Crippen LogP contribution in [0.3, 0.4) is 0 Å². The van der Waals surface area contributed by atoms with Crippen LogP contribution in [0.25, 0.3) is 11.0 Å². The summed E-state index contributed by atoms with van der Waals surface area (Å²) in [6.07, 6.45) is 1.24. The SMILES string of the molecule is Cc1nc2ccccc2n1CCNC(=O)CCCN. The first-order chi connectivity index (χ1) is 9.22. The molecule has 1 aromatic carbocycles. The first-order valence-corrected chi connectivity index (χ1v) is 6.61. The number of para-hydroxylation sites is 2. The number of nitrogens with two attached hydrogens (primary N) is 1. The van der Waals surface area contributed by atoms with Gasteiger partial charge in [0.25, 0.3) is 0 Å². The molecule has 102 valence electrons. The summed E-state index contributed by atoms with van der Waals surface area (Å²) in [7, 11) is 0. The maximum Gasteiger partial charge on any atom is 0.220 e. The molecule has 0 saturated carbocycles. The molecule has 5 heteroatoms. The van der Waals surface area contributed by atoms with Gasteiger partial charge in [0.05, 0.1) is 11.0 Å². The van der Waals surface area contributed by atoms with Gasteiger partial charge in [0.15, 0.2) is 0 Å². The van der Waals surface area contributed by atoms with Crippen molar-refractivity contribution in [2.75, 3.05) is 13.1 Å². The lowest BCUT2D eigenvalue weighted by Gasteiger charge is -2.08. The molecule has 0 unspecified atom stereocenters. The Bertz CT molecular complexity index is 562. The quantitative estimate of drug-likeness (QED) is 0.819. The van der Waals surface area contributed by atoms with Gasteiger partial charge in [-0.3, -0.25) is 4.79 Å². The number of amides is 1. The molecule has 2 aromatic rings. The Morgan fingerprint density at radius 2 is 2.21 bits per heavy atom. The molecule has 0 aliphatic heterocycles. The fourth-order valence-corrected chi connectivity index (χ4v) is 2.14. The molecular weight excluding hydrogens is 240 g/mol. The minimum Gasteiger partial charge on any atom is -0.354 e. The lowest BCUT2D eigenvalue weighted by atomic mass is 10.3. The third kappa shape index (κ3) is 3.32. The molecule has 0 bridgehead atoms. The summed E-state index contributed by atoms with van der Waals surface area (Å²) in [6, 6.07) is 8.03. The van der Waals surface area contributed by atoms with Crippen LogP contribution in [0.4, 0.5) is 0 Å². The number of benzene rings is 1. The Morgan fingerprint density at radius 1 is 1.42 bits per heavy atom. The molecule has 1 aromatic heterocycles. The summed E-state index contributed by atoms with van der Waals surface area (Å²) < 4.78 is 2.12. The normalized spacial score (nSPS) is 10.8. The van der Waals surface area contributed by atoms with Crippen molar-refractivity contribution >= 4 is 16.9 Å². The third-order valence-corrected chi connectivity index (χ3v) is 3.11. The van der Waals surface area contributed by atoms with E-state index in [9.17, 15) is 4.79 Å². The van der Waals surface area contributed by atoms with Crippen molar-refractivity contribution in [2.45, 2.75) is 26.3 Å². The van der Waals surface area contributed by atoms with Gasteiger partial charge in [-0.1, -0.05) is 12.1 Å². The van der Waals surface area contributed by atoms with Crippen molar-refractivity contribution in [3.05, 3.63) is 30.1 Å². The van der Waals surface area contributed by atoms with Crippen LogP contribution in [-0.4, -0.2) is 28.5 Å². The Hall–Kier alpha value is -1.88. The van der Waals surface area contributed by atoms with E-state index < -0.39 is 0 Å². The molecule has 1 heterocycles. The molecule has 3 N–H and O–H groups in total. The third-order valence-electron chi connectivity index (χ3n) is 3.11. The van der Waals surface area contributed by atoms with Gasteiger partial charge in [-0.05, 0) is 32.0 Å². The highest BCUT2D eigenvalue weighted by Crippen LogP contribution is 2.14. The fraction of sp³-hybridized carbons (Fsp3) is 0.429. The molecule has 1 amide bonds. The van der Waals surface area contributed by atoms with Gasteiger partial charge in [0.1, 0.15) is 5.82 Å². The number of aryl methyl sites for hydroxylation is 1. The van der Waals surface area contributed by atoms with E-state index in [0.29, 0.717) is 19.5 Å². The monoisotopic (exact) mass is 260 g/mol. The molecule has 0 aliphatic carbocycles. The number of hydrogen-bond acceptors (Lipinski definition) is 3. The number of carbonyl (C=O) groups excluding carboxylic acids is 1. The Labute approximate surface area is 112 Å². The molecule has 0 spiro atoms. The van der Waals surface area contributed by atoms with Gasteiger partial charge < -0.3 is 15.6 Å². The molecule has 5 nitrogen and oxygen atoms in total. The highest BCUT2D eigenvalue weighted by Gasteiger charge is 2.06. The number of imidazole rings is 1. The minimum absolute atomic E-state index is 0.0625. The van der Waals surface area contributed by atoms with Gasteiger partial charge in [-0.2, -0.15) is 0 Å². The van der Waals surface area contributed by atoms with Crippen LogP contribution in [0.15, 0.2) is 24.3 Å². The second-order valence-electron chi connectivity index (χ2n) is 4.54. The Morgan fingerprint density at radius 3 is 3.00 bits per heavy atom. The van der Waals surface area contributed by atoms with E-state index in [1.54, 1.807) is 0 Å². The van der Waals surface area contributed by atoms with E-state index in [4.69, 9.17) is 5.73 Å². The second-order valence-corrected chi connectivity index (χ2v) is 4.54. The number of carbonyl (C=O) groups is 1. The number of aromatic nitrogens is 2. The number of rotatable bonds is 6. The Kier molecular flexibility index (Phi) is 4.52. The second kappa shape index (κ2) is 6.33. The van der Waals surface area contributed by atoms with Crippen LogP contribution in [0.1, 0.15) is 18.7 Å². The van der Waals surface area contributed by atoms with Gasteiger partial charge in [-0.15, -0.1) is 0 Å². The van der Waals surface area contributed by atoms with E-state index in [1.165, 1.54) is 0 Å². The van der Waals surface area contributed by atoms with Crippen molar-refractivity contribution in [2.24, 2.45) is 5.73 Å². The van der Waals surface area contributed by atoms with Crippen LogP contribution in [0.5, 0.6) is 0 Å². The average Bonchev–Trinajstić information content (AvgIpc) is 2.73. The number of fused-ring (bicyclic) bond motifs is 1. The predicted molar refractivity (Wildman–Crippen MR) is 75.8 cm³/mol. The number of nitrogens with zero attached hydrogens (tertiary/aromatic N) is 2. The lowest BCUT2D eigenvalue weighted by molar-refractivity contribution is -0.121. The number of hydrogen-bond donors (Lipinski definition) is 2. The van der Waals surface area contributed by atoms with Crippen molar-refractivity contribution in [1.82, 2.24) is 14.9 Å². The summed E-state index contributed by atoms with van der Waals surface area (Å²) in [4.78, 5) is 16.0. The van der Waals surface area contributed by atoms with Gasteiger partial charge in [0, 0.05) is 19.5 Å². The number of nitrogens with one attached hydrogen (secondary N) is 1. The summed E-state index contributed by atoms with van der Waals surface area (Å²) in [6.45, 7) is 3.89. The van der Waals surface area contributed by atoms with E-state index in [0.717, 1.165) is 29.8 Å². The van der Waals surface area contributed by atoms with Gasteiger partial charge in [0.2, 0.25) is 5.91 Å². The standard InChI is InChI=1S/C14H20N4O/c1-11-17-12-5-2-3-6-13(12)18(11)10-9-16-14(19)7-4-8-15/h2-3,5-6H,4,7-10,15H2,1H3,(H,16,19). The zero-order chi connectivity index (χ0) is 13.7. The van der Waals surface area contributed by atoms with Crippen LogP contribution < -0.4 is 11.1 Å². The highest BCUT2D eigenvalue weighted by molar-refractivity contribution is 5.76. The minimum atomic E-state index is 0.0625. The van der Waals surface area contributed by atoms with Crippen molar-refractivity contribution in [3.8, 4) is 0 Å². The molecule has 0 saturated heterocycles. The summed E-state index contributed by atoms with van der Waals surface area (Å²) in [5.74, 6) is 1.03. The molecule has 0 radical (unpaired) electrons. The first kappa shape index (κ1) is 13.5. The van der Waals surface area contributed by atoms with Crippen LogP contribution in [0.2, 0.25) is 0 Å². The van der Waals surface area contributed by atoms with E-state index in [1.807, 2.05) is 31.2 Å². The van der Waals surface area contributed by atoms with E-state index >= 15 is 0 Å². The summed E-state index contributed by atoms with van der Waals surface area (Å²) in [5.41, 5.74) is 7.47. The lowest BCUT2D eigenvalue weighted by Crippen LogP contribution is -2.27. The maximum absolute atomic E-state index is 11.5. The largest absolute Gasteiger partial charge is 0.354 e. The van der Waals surface area contributed by atoms with E-state index in [2.05, 4.69) is 14.9 Å². The van der Waals surface area contributed by atoms with Crippen LogP contribution >= 0.6 is 0 Å². The molecule has 0 aliphatic rings. The average molecular weight is 260 g/mol. The van der Waals surface area contributed by atoms with Gasteiger partial charge in [-0.25, -0.2) is 4.98 Å². The summed E-state index contributed by atoms with van der Waals surface area (Å²) in [5, 5.41) is 2.90. The highest BCUT2D eigenvalue weighted by atomic mass is 16.1.